The van der Waals surface area contributed by atoms with Crippen LogP contribution in [0.15, 0.2) is 6.07 Å². The molecule has 72 valence electrons. The molecule has 6 heteroatoms. The summed E-state index contributed by atoms with van der Waals surface area (Å²) in [5.74, 6) is -0.972. The number of aromatic nitrogens is 1. The van der Waals surface area contributed by atoms with Crippen LogP contribution < -0.4 is 0 Å². The summed E-state index contributed by atoms with van der Waals surface area (Å²) < 4.78 is 37.3. The fourth-order valence-electron chi connectivity index (χ4n) is 0.797. The standard InChI is InChI=1S/C7H4ClF3IN/c8-2-3-1-4(6(10)11)5(9)7(12)13-3/h1,6H,2H2. The molecule has 1 aromatic heterocycles. The highest BCUT2D eigenvalue weighted by atomic mass is 127. The largest absolute Gasteiger partial charge is 0.266 e. The molecule has 0 saturated carbocycles. The number of hydrogen-bond donors (Lipinski definition) is 0. The lowest BCUT2D eigenvalue weighted by molar-refractivity contribution is 0.145. The van der Waals surface area contributed by atoms with E-state index in [2.05, 4.69) is 4.98 Å². The molecule has 0 aliphatic carbocycles. The van der Waals surface area contributed by atoms with Crippen LogP contribution in [0.25, 0.3) is 0 Å². The minimum Gasteiger partial charge on any atom is -0.242 e. The molecule has 0 bridgehead atoms. The van der Waals surface area contributed by atoms with Gasteiger partial charge < -0.3 is 0 Å². The second kappa shape index (κ2) is 4.45. The molecule has 0 aromatic carbocycles. The zero-order valence-electron chi connectivity index (χ0n) is 6.20. The van der Waals surface area contributed by atoms with Crippen molar-refractivity contribution in [2.75, 3.05) is 0 Å². The minimum atomic E-state index is -2.83. The van der Waals surface area contributed by atoms with Crippen molar-refractivity contribution in [2.24, 2.45) is 0 Å². The molecule has 1 aromatic rings. The van der Waals surface area contributed by atoms with Crippen molar-refractivity contribution in [3.05, 3.63) is 26.8 Å². The second-order valence-corrected chi connectivity index (χ2v) is 3.53. The molecular weight excluding hydrogens is 317 g/mol. The highest BCUT2D eigenvalue weighted by Gasteiger charge is 2.17. The Morgan fingerprint density at radius 3 is 2.62 bits per heavy atom. The summed E-state index contributed by atoms with van der Waals surface area (Å²) in [6.07, 6.45) is -2.83. The van der Waals surface area contributed by atoms with Gasteiger partial charge in [-0.25, -0.2) is 18.2 Å². The third kappa shape index (κ3) is 2.46. The van der Waals surface area contributed by atoms with Crippen LogP contribution in [0.4, 0.5) is 13.2 Å². The van der Waals surface area contributed by atoms with E-state index < -0.39 is 17.8 Å². The number of nitrogens with zero attached hydrogens (tertiary/aromatic N) is 1. The van der Waals surface area contributed by atoms with Gasteiger partial charge in [0, 0.05) is 0 Å². The SMILES string of the molecule is Fc1c(C(F)F)cc(CCl)nc1I. The van der Waals surface area contributed by atoms with Crippen LogP contribution in [0.3, 0.4) is 0 Å². The average Bonchev–Trinajstić information content (AvgIpc) is 2.09. The third-order valence-corrected chi connectivity index (χ3v) is 2.36. The monoisotopic (exact) mass is 321 g/mol. The van der Waals surface area contributed by atoms with Crippen LogP contribution in [0, 0.1) is 9.52 Å². The number of hydrogen-bond acceptors (Lipinski definition) is 1. The van der Waals surface area contributed by atoms with Crippen LogP contribution in [-0.2, 0) is 5.88 Å². The Hall–Kier alpha value is -0.0400. The zero-order valence-corrected chi connectivity index (χ0v) is 9.11. The van der Waals surface area contributed by atoms with Crippen LogP contribution in [0.2, 0.25) is 0 Å². The molecule has 0 N–H and O–H groups in total. The molecule has 0 amide bonds. The van der Waals surface area contributed by atoms with Crippen molar-refractivity contribution in [3.63, 3.8) is 0 Å². The molecule has 1 rings (SSSR count). The summed E-state index contributed by atoms with van der Waals surface area (Å²) in [6, 6.07) is 0.981. The van der Waals surface area contributed by atoms with Gasteiger partial charge in [-0.15, -0.1) is 11.6 Å². The van der Waals surface area contributed by atoms with Gasteiger partial charge in [0.2, 0.25) is 0 Å². The average molecular weight is 321 g/mol. The number of rotatable bonds is 2. The van der Waals surface area contributed by atoms with E-state index in [9.17, 15) is 13.2 Å². The maximum atomic E-state index is 13.0. The molecule has 0 atom stereocenters. The topological polar surface area (TPSA) is 12.9 Å². The Kier molecular flexibility index (Phi) is 3.78. The zero-order chi connectivity index (χ0) is 10.0. The van der Waals surface area contributed by atoms with Crippen LogP contribution in [0.1, 0.15) is 17.7 Å². The van der Waals surface area contributed by atoms with Crippen molar-refractivity contribution in [1.82, 2.24) is 4.98 Å². The van der Waals surface area contributed by atoms with Crippen molar-refractivity contribution in [3.8, 4) is 0 Å². The highest BCUT2D eigenvalue weighted by Crippen LogP contribution is 2.25. The molecule has 0 aliphatic heterocycles. The van der Waals surface area contributed by atoms with Gasteiger partial charge in [0.25, 0.3) is 6.43 Å². The van der Waals surface area contributed by atoms with Crippen molar-refractivity contribution >= 4 is 34.2 Å². The van der Waals surface area contributed by atoms with Crippen LogP contribution >= 0.6 is 34.2 Å². The summed E-state index contributed by atoms with van der Waals surface area (Å²) in [6.45, 7) is 0. The van der Waals surface area contributed by atoms with E-state index in [4.69, 9.17) is 11.6 Å². The normalized spacial score (nSPS) is 10.9. The van der Waals surface area contributed by atoms with Crippen LogP contribution in [-0.4, -0.2) is 4.98 Å². The third-order valence-electron chi connectivity index (χ3n) is 1.37. The highest BCUT2D eigenvalue weighted by molar-refractivity contribution is 14.1. The molecule has 0 saturated heterocycles. The Balaban J connectivity index is 3.25. The lowest BCUT2D eigenvalue weighted by atomic mass is 10.2. The maximum Gasteiger partial charge on any atom is 0.266 e. The number of halogens is 5. The molecule has 0 unspecified atom stereocenters. The minimum absolute atomic E-state index is 0.00397. The van der Waals surface area contributed by atoms with Gasteiger partial charge in [-0.05, 0) is 28.7 Å². The molecule has 13 heavy (non-hydrogen) atoms. The van der Waals surface area contributed by atoms with E-state index in [0.717, 1.165) is 6.07 Å². The van der Waals surface area contributed by atoms with E-state index in [0.29, 0.717) is 0 Å². The summed E-state index contributed by atoms with van der Waals surface area (Å²) in [5, 5.41) is 0. The van der Waals surface area contributed by atoms with Gasteiger partial charge in [0.1, 0.15) is 3.70 Å². The molecule has 0 radical (unpaired) electrons. The van der Waals surface area contributed by atoms with Gasteiger partial charge in [-0.1, -0.05) is 0 Å². The van der Waals surface area contributed by atoms with Crippen molar-refractivity contribution in [1.29, 1.82) is 0 Å². The smallest absolute Gasteiger partial charge is 0.242 e. The predicted molar refractivity (Wildman–Crippen MR) is 51.4 cm³/mol. The fourth-order valence-corrected chi connectivity index (χ4v) is 1.55. The van der Waals surface area contributed by atoms with Gasteiger partial charge in [0.15, 0.2) is 5.82 Å². The molecular formula is C7H4ClF3IN. The van der Waals surface area contributed by atoms with Crippen molar-refractivity contribution < 1.29 is 13.2 Å². The van der Waals surface area contributed by atoms with E-state index in [-0.39, 0.29) is 15.3 Å². The first-order valence-electron chi connectivity index (χ1n) is 3.25. The van der Waals surface area contributed by atoms with E-state index in [1.165, 1.54) is 0 Å². The summed E-state index contributed by atoms with van der Waals surface area (Å²) >= 11 is 6.95. The van der Waals surface area contributed by atoms with Gasteiger partial charge in [0.05, 0.1) is 17.1 Å². The molecule has 1 nitrogen and oxygen atoms in total. The van der Waals surface area contributed by atoms with Gasteiger partial charge >= 0.3 is 0 Å². The Morgan fingerprint density at radius 1 is 1.54 bits per heavy atom. The first-order chi connectivity index (χ1) is 6.06. The second-order valence-electron chi connectivity index (χ2n) is 2.24. The first kappa shape index (κ1) is 11.0. The van der Waals surface area contributed by atoms with E-state index in [1.54, 1.807) is 22.6 Å². The van der Waals surface area contributed by atoms with Gasteiger partial charge in [-0.3, -0.25) is 0 Å². The summed E-state index contributed by atoms with van der Waals surface area (Å²) in [7, 11) is 0. The maximum absolute atomic E-state index is 13.0. The van der Waals surface area contributed by atoms with Gasteiger partial charge in [-0.2, -0.15) is 0 Å². The Morgan fingerprint density at radius 2 is 2.15 bits per heavy atom. The lowest BCUT2D eigenvalue weighted by Gasteiger charge is -2.04. The molecule has 0 fully saturated rings. The fraction of sp³-hybridized carbons (Fsp3) is 0.286. The molecule has 0 aliphatic rings. The number of alkyl halides is 3. The summed E-state index contributed by atoms with van der Waals surface area (Å²) in [4.78, 5) is 3.68. The molecule has 1 heterocycles. The summed E-state index contributed by atoms with van der Waals surface area (Å²) in [5.41, 5.74) is -0.391. The van der Waals surface area contributed by atoms with E-state index >= 15 is 0 Å². The predicted octanol–water partition coefficient (Wildman–Crippen LogP) is 3.50. The number of pyridine rings is 1. The van der Waals surface area contributed by atoms with Crippen LogP contribution in [0.5, 0.6) is 0 Å². The lowest BCUT2D eigenvalue weighted by Crippen LogP contribution is -2.00. The first-order valence-corrected chi connectivity index (χ1v) is 4.86. The van der Waals surface area contributed by atoms with Crippen molar-refractivity contribution in [2.45, 2.75) is 12.3 Å². The van der Waals surface area contributed by atoms with E-state index in [1.807, 2.05) is 0 Å². The Bertz CT molecular complexity index is 319. The molecule has 0 spiro atoms. The quantitative estimate of drug-likeness (QED) is 0.461. The Labute approximate surface area is 91.4 Å².